The van der Waals surface area contributed by atoms with Crippen LogP contribution >= 0.6 is 0 Å². The number of ketones is 1. The summed E-state index contributed by atoms with van der Waals surface area (Å²) in [5, 5.41) is 8.96. The van der Waals surface area contributed by atoms with E-state index in [2.05, 4.69) is 24.3 Å². The predicted molar refractivity (Wildman–Crippen MR) is 81.8 cm³/mol. The summed E-state index contributed by atoms with van der Waals surface area (Å²) in [4.78, 5) is 22.9. The van der Waals surface area contributed by atoms with E-state index < -0.39 is 5.97 Å². The Morgan fingerprint density at radius 2 is 1.43 bits per heavy atom. The van der Waals surface area contributed by atoms with Gasteiger partial charge in [-0.05, 0) is 12.0 Å². The fraction of sp³-hybridized carbons (Fsp3) is 0.0556. The zero-order valence-electron chi connectivity index (χ0n) is 12.8. The molecule has 0 aromatic heterocycles. The van der Waals surface area contributed by atoms with Gasteiger partial charge in [0.1, 0.15) is 5.78 Å². The van der Waals surface area contributed by atoms with Gasteiger partial charge in [0, 0.05) is 5.56 Å². The van der Waals surface area contributed by atoms with Crippen molar-refractivity contribution in [1.29, 1.82) is 0 Å². The van der Waals surface area contributed by atoms with Crippen LogP contribution in [0.1, 0.15) is 32.7 Å². The second-order valence-electron chi connectivity index (χ2n) is 4.45. The van der Waals surface area contributed by atoms with Crippen LogP contribution in [0, 0.1) is 0 Å². The number of carboxylic acids is 1. The topological polar surface area (TPSA) is 54.4 Å². The minimum atomic E-state index is -1.09. The molecule has 0 aliphatic heterocycles. The van der Waals surface area contributed by atoms with Crippen LogP contribution in [0.4, 0.5) is 0 Å². The average molecular weight is 358 g/mol. The van der Waals surface area contributed by atoms with E-state index in [1.54, 1.807) is 36.4 Å². The van der Waals surface area contributed by atoms with Crippen molar-refractivity contribution in [3.05, 3.63) is 89.5 Å². The second kappa shape index (κ2) is 11.3. The second-order valence-corrected chi connectivity index (χ2v) is 4.45. The van der Waals surface area contributed by atoms with Gasteiger partial charge in [0.25, 0.3) is 0 Å². The van der Waals surface area contributed by atoms with Crippen LogP contribution in [0.25, 0.3) is 0 Å². The number of hydrogen-bond acceptors (Lipinski definition) is 2. The van der Waals surface area contributed by atoms with E-state index in [9.17, 15) is 9.59 Å². The summed E-state index contributed by atoms with van der Waals surface area (Å²) >= 11 is 0. The van der Waals surface area contributed by atoms with Crippen molar-refractivity contribution in [1.82, 2.24) is 0 Å². The molecule has 3 rings (SSSR count). The first-order valence-electron chi connectivity index (χ1n) is 6.60. The molecule has 1 aliphatic carbocycles. The summed E-state index contributed by atoms with van der Waals surface area (Å²) in [5.74, 6) is -1.35. The standard InChI is InChI=1S/C13H9O3.C5H6.Fe.Na/c14-12(9-5-1-2-6-9)10-7-3-4-8-11(10)13(15)16;1-2-4-5-3-1;;/h1-8H,(H,15,16);1-4H,5H2;;/q-1;;+2;+1. The summed E-state index contributed by atoms with van der Waals surface area (Å²) in [6.45, 7) is 0. The maximum atomic E-state index is 12.0. The molecule has 2 aromatic carbocycles. The Balaban J connectivity index is 0.000000595. The minimum absolute atomic E-state index is 0. The van der Waals surface area contributed by atoms with Crippen molar-refractivity contribution < 1.29 is 61.3 Å². The molecule has 0 saturated carbocycles. The zero-order chi connectivity index (χ0) is 15.1. The first-order chi connectivity index (χ1) is 10.2. The first kappa shape index (κ1) is 21.7. The van der Waals surface area contributed by atoms with E-state index >= 15 is 0 Å². The smallest absolute Gasteiger partial charge is 0.478 e. The quantitative estimate of drug-likeness (QED) is 0.503. The third-order valence-electron chi connectivity index (χ3n) is 2.98. The molecule has 0 radical (unpaired) electrons. The summed E-state index contributed by atoms with van der Waals surface area (Å²) in [6.07, 6.45) is 9.50. The molecular formula is C18H15FeNaO3+2. The van der Waals surface area contributed by atoms with Gasteiger partial charge in [-0.3, -0.25) is 0 Å². The number of aromatic carboxylic acids is 1. The van der Waals surface area contributed by atoms with Crippen LogP contribution < -0.4 is 29.6 Å². The van der Waals surface area contributed by atoms with Crippen LogP contribution in [0.5, 0.6) is 0 Å². The zero-order valence-corrected chi connectivity index (χ0v) is 15.9. The Bertz CT molecular complexity index is 678. The molecule has 0 fully saturated rings. The van der Waals surface area contributed by atoms with Gasteiger partial charge in [-0.1, -0.05) is 54.1 Å². The van der Waals surface area contributed by atoms with Crippen LogP contribution in [0.3, 0.4) is 0 Å². The number of carboxylic acid groups (broad SMARTS) is 1. The van der Waals surface area contributed by atoms with Crippen molar-refractivity contribution in [2.24, 2.45) is 0 Å². The van der Waals surface area contributed by atoms with E-state index in [0.717, 1.165) is 6.42 Å². The van der Waals surface area contributed by atoms with Crippen LogP contribution in [-0.2, 0) is 17.1 Å². The molecule has 2 aromatic rings. The van der Waals surface area contributed by atoms with Gasteiger partial charge in [0.2, 0.25) is 0 Å². The van der Waals surface area contributed by atoms with Crippen molar-refractivity contribution >= 4 is 11.8 Å². The molecule has 1 N–H and O–H groups in total. The molecule has 0 unspecified atom stereocenters. The van der Waals surface area contributed by atoms with E-state index in [4.69, 9.17) is 5.11 Å². The van der Waals surface area contributed by atoms with Gasteiger partial charge in [-0.15, -0.1) is 12.1 Å². The molecule has 1 aliphatic rings. The van der Waals surface area contributed by atoms with Gasteiger partial charge in [0.05, 0.1) is 0 Å². The average Bonchev–Trinajstić information content (AvgIpc) is 3.21. The maximum absolute atomic E-state index is 12.0. The van der Waals surface area contributed by atoms with Crippen molar-refractivity contribution in [3.8, 4) is 0 Å². The number of rotatable bonds is 3. The maximum Gasteiger partial charge on any atom is 2.00 e. The van der Waals surface area contributed by atoms with E-state index in [-0.39, 0.29) is 63.5 Å². The Morgan fingerprint density at radius 3 is 1.87 bits per heavy atom. The summed E-state index contributed by atoms with van der Waals surface area (Å²) < 4.78 is 0. The third kappa shape index (κ3) is 6.38. The normalized spacial score (nSPS) is 10.8. The van der Waals surface area contributed by atoms with Crippen LogP contribution in [0.15, 0.2) is 72.8 Å². The van der Waals surface area contributed by atoms with Gasteiger partial charge in [-0.2, -0.15) is 12.1 Å². The van der Waals surface area contributed by atoms with Crippen molar-refractivity contribution in [3.63, 3.8) is 0 Å². The van der Waals surface area contributed by atoms with Gasteiger partial charge in [0.15, 0.2) is 0 Å². The number of carbonyl (C=O) groups excluding carboxylic acids is 1. The number of allylic oxidation sites excluding steroid dienone is 4. The van der Waals surface area contributed by atoms with Gasteiger partial charge < -0.3 is 9.90 Å². The van der Waals surface area contributed by atoms with Crippen LogP contribution in [0.2, 0.25) is 0 Å². The monoisotopic (exact) mass is 358 g/mol. The molecule has 0 spiro atoms. The number of benzene rings is 1. The summed E-state index contributed by atoms with van der Waals surface area (Å²) in [5.41, 5.74) is 0.767. The molecule has 0 bridgehead atoms. The molecular weight excluding hydrogens is 343 g/mol. The Morgan fingerprint density at radius 1 is 0.913 bits per heavy atom. The number of carbonyl (C=O) groups is 2. The summed E-state index contributed by atoms with van der Waals surface area (Å²) in [7, 11) is 0. The first-order valence-corrected chi connectivity index (χ1v) is 6.60. The Kier molecular flexibility index (Phi) is 10.6. The predicted octanol–water partition coefficient (Wildman–Crippen LogP) is 0.839. The molecule has 112 valence electrons. The molecule has 0 atom stereocenters. The molecule has 0 amide bonds. The molecule has 23 heavy (non-hydrogen) atoms. The van der Waals surface area contributed by atoms with E-state index in [0.29, 0.717) is 5.56 Å². The largest absolute Gasteiger partial charge is 2.00 e. The van der Waals surface area contributed by atoms with Gasteiger partial charge >= 0.3 is 52.6 Å². The fourth-order valence-corrected chi connectivity index (χ4v) is 1.94. The Labute approximate surface area is 168 Å². The molecule has 0 heterocycles. The Hall–Kier alpha value is -1.29. The minimum Gasteiger partial charge on any atom is -0.478 e. The molecule has 0 saturated heterocycles. The van der Waals surface area contributed by atoms with Crippen molar-refractivity contribution in [2.75, 3.05) is 0 Å². The fourth-order valence-electron chi connectivity index (χ4n) is 1.94. The van der Waals surface area contributed by atoms with E-state index in [1.807, 2.05) is 0 Å². The third-order valence-corrected chi connectivity index (χ3v) is 2.98. The number of hydrogen-bond donors (Lipinski definition) is 1. The molecule has 3 nitrogen and oxygen atoms in total. The summed E-state index contributed by atoms with van der Waals surface area (Å²) in [6, 6.07) is 13.0. The SMILES string of the molecule is C1=CCC=C1.O=C(O)c1ccccc1C(=O)[c-]1cccc1.[Fe+2].[Na+]. The van der Waals surface area contributed by atoms with E-state index in [1.165, 1.54) is 12.1 Å². The van der Waals surface area contributed by atoms with Gasteiger partial charge in [-0.25, -0.2) is 4.79 Å². The van der Waals surface area contributed by atoms with Crippen LogP contribution in [-0.4, -0.2) is 16.9 Å². The van der Waals surface area contributed by atoms with Crippen molar-refractivity contribution in [2.45, 2.75) is 6.42 Å². The molecule has 5 heteroatoms.